The van der Waals surface area contributed by atoms with Gasteiger partial charge in [0.25, 0.3) is 0 Å². The number of aliphatic imine (C=N–C) groups is 1. The number of aryl methyl sites for hydroxylation is 2. The maximum atomic E-state index is 13.5. The number of hydrogen-bond acceptors (Lipinski definition) is 9. The van der Waals surface area contributed by atoms with E-state index in [0.29, 0.717) is 37.6 Å². The van der Waals surface area contributed by atoms with E-state index < -0.39 is 12.0 Å². The van der Waals surface area contributed by atoms with Gasteiger partial charge in [0.05, 0.1) is 42.9 Å². The van der Waals surface area contributed by atoms with Crippen LogP contribution in [0.5, 0.6) is 0 Å². The van der Waals surface area contributed by atoms with Crippen LogP contribution in [0, 0.1) is 19.8 Å². The number of amides is 1. The molecule has 0 aromatic heterocycles. The van der Waals surface area contributed by atoms with E-state index >= 15 is 0 Å². The van der Waals surface area contributed by atoms with Gasteiger partial charge in [0.2, 0.25) is 5.91 Å². The molecule has 2 atom stereocenters. The molecule has 3 aliphatic heterocycles. The van der Waals surface area contributed by atoms with Gasteiger partial charge in [0.1, 0.15) is 6.61 Å². The van der Waals surface area contributed by atoms with Crippen LogP contribution in [-0.2, 0) is 28.6 Å². The SMILES string of the molecule is CCOC(=O)[C@H]1CCCN(C(=O)CC2=CSC3=NC(C)=C(C(=O)OCCOC)[C@@H](c4ccc(C)cc4C)N23)C1. The Bertz CT molecular complexity index is 1220. The first kappa shape index (κ1) is 28.9. The molecule has 0 saturated carbocycles. The zero-order valence-corrected chi connectivity index (χ0v) is 24.1. The lowest BCUT2D eigenvalue weighted by Gasteiger charge is -2.38. The second kappa shape index (κ2) is 12.8. The van der Waals surface area contributed by atoms with E-state index in [0.717, 1.165) is 40.4 Å². The molecular formula is C29H37N3O6S. The number of thioether (sulfide) groups is 1. The number of piperidine rings is 1. The van der Waals surface area contributed by atoms with Gasteiger partial charge in [-0.1, -0.05) is 35.5 Å². The fourth-order valence-electron chi connectivity index (χ4n) is 5.28. The monoisotopic (exact) mass is 555 g/mol. The van der Waals surface area contributed by atoms with Gasteiger partial charge in [0.15, 0.2) is 5.17 Å². The molecule has 0 aliphatic carbocycles. The molecule has 1 aromatic carbocycles. The Morgan fingerprint density at radius 1 is 1.13 bits per heavy atom. The van der Waals surface area contributed by atoms with Crippen LogP contribution >= 0.6 is 11.8 Å². The van der Waals surface area contributed by atoms with Crippen molar-refractivity contribution in [2.75, 3.05) is 40.0 Å². The second-order valence-corrected chi connectivity index (χ2v) is 10.8. The summed E-state index contributed by atoms with van der Waals surface area (Å²) in [6.45, 7) is 9.38. The summed E-state index contributed by atoms with van der Waals surface area (Å²) < 4.78 is 15.8. The Balaban J connectivity index is 1.62. The van der Waals surface area contributed by atoms with E-state index in [2.05, 4.69) is 6.07 Å². The predicted octanol–water partition coefficient (Wildman–Crippen LogP) is 4.26. The smallest absolute Gasteiger partial charge is 0.338 e. The van der Waals surface area contributed by atoms with Crippen molar-refractivity contribution in [3.8, 4) is 0 Å². The number of carbonyl (C=O) groups excluding carboxylic acids is 3. The lowest BCUT2D eigenvalue weighted by atomic mass is 9.90. The Hall–Kier alpha value is -3.11. The molecule has 0 spiro atoms. The number of nitrogens with zero attached hydrogens (tertiary/aromatic N) is 3. The second-order valence-electron chi connectivity index (χ2n) is 9.99. The molecule has 1 aromatic rings. The first-order chi connectivity index (χ1) is 18.7. The molecular weight excluding hydrogens is 518 g/mol. The summed E-state index contributed by atoms with van der Waals surface area (Å²) in [4.78, 5) is 47.7. The van der Waals surface area contributed by atoms with Crippen molar-refractivity contribution in [1.82, 2.24) is 9.80 Å². The molecule has 10 heteroatoms. The van der Waals surface area contributed by atoms with Crippen LogP contribution in [0.2, 0.25) is 0 Å². The molecule has 1 amide bonds. The van der Waals surface area contributed by atoms with E-state index in [1.165, 1.54) is 11.8 Å². The van der Waals surface area contributed by atoms with E-state index in [4.69, 9.17) is 19.2 Å². The van der Waals surface area contributed by atoms with Gasteiger partial charge in [-0.3, -0.25) is 9.59 Å². The van der Waals surface area contributed by atoms with Crippen LogP contribution in [0.1, 0.15) is 55.8 Å². The lowest BCUT2D eigenvalue weighted by molar-refractivity contribution is -0.151. The summed E-state index contributed by atoms with van der Waals surface area (Å²) in [7, 11) is 1.56. The molecule has 1 saturated heterocycles. The number of esters is 2. The van der Waals surface area contributed by atoms with Crippen molar-refractivity contribution < 1.29 is 28.6 Å². The predicted molar refractivity (Wildman–Crippen MR) is 150 cm³/mol. The zero-order valence-electron chi connectivity index (χ0n) is 23.3. The summed E-state index contributed by atoms with van der Waals surface area (Å²) in [6, 6.07) is 5.66. The number of ether oxygens (including phenoxy) is 3. The molecule has 0 radical (unpaired) electrons. The average Bonchev–Trinajstić information content (AvgIpc) is 3.30. The molecule has 3 heterocycles. The van der Waals surface area contributed by atoms with Gasteiger partial charge in [0, 0.05) is 25.9 Å². The Labute approximate surface area is 234 Å². The van der Waals surface area contributed by atoms with Crippen LogP contribution in [0.25, 0.3) is 0 Å². The minimum absolute atomic E-state index is 0.0630. The zero-order chi connectivity index (χ0) is 28.1. The van der Waals surface area contributed by atoms with Crippen molar-refractivity contribution in [2.24, 2.45) is 10.9 Å². The number of benzene rings is 1. The number of likely N-dealkylation sites (tertiary alicyclic amines) is 1. The third-order valence-electron chi connectivity index (χ3n) is 7.19. The summed E-state index contributed by atoms with van der Waals surface area (Å²) in [6.07, 6.45) is 1.61. The lowest BCUT2D eigenvalue weighted by Crippen LogP contribution is -2.44. The van der Waals surface area contributed by atoms with Gasteiger partial charge in [-0.2, -0.15) is 0 Å². The van der Waals surface area contributed by atoms with Gasteiger partial charge < -0.3 is 24.0 Å². The quantitative estimate of drug-likeness (QED) is 0.329. The van der Waals surface area contributed by atoms with Crippen LogP contribution in [0.4, 0.5) is 0 Å². The molecule has 1 fully saturated rings. The van der Waals surface area contributed by atoms with E-state index in [1.807, 2.05) is 43.2 Å². The normalized spacial score (nSPS) is 20.8. The largest absolute Gasteiger partial charge is 0.466 e. The van der Waals surface area contributed by atoms with Crippen molar-refractivity contribution in [2.45, 2.75) is 53.0 Å². The fraction of sp³-hybridized carbons (Fsp3) is 0.517. The van der Waals surface area contributed by atoms with Crippen molar-refractivity contribution in [3.05, 3.63) is 57.3 Å². The van der Waals surface area contributed by atoms with Crippen molar-refractivity contribution >= 4 is 34.8 Å². The minimum atomic E-state index is -0.490. The van der Waals surface area contributed by atoms with Crippen molar-refractivity contribution in [3.63, 3.8) is 0 Å². The highest BCUT2D eigenvalue weighted by Crippen LogP contribution is 2.45. The van der Waals surface area contributed by atoms with E-state index in [1.54, 1.807) is 18.9 Å². The van der Waals surface area contributed by atoms with Gasteiger partial charge in [-0.05, 0) is 57.1 Å². The molecule has 9 nitrogen and oxygen atoms in total. The van der Waals surface area contributed by atoms with Gasteiger partial charge in [-0.25, -0.2) is 9.79 Å². The van der Waals surface area contributed by atoms with E-state index in [-0.39, 0.29) is 30.8 Å². The summed E-state index contributed by atoms with van der Waals surface area (Å²) in [5.74, 6) is -1.06. The number of carbonyl (C=O) groups is 3. The number of fused-ring (bicyclic) bond motifs is 1. The van der Waals surface area contributed by atoms with Gasteiger partial charge >= 0.3 is 11.9 Å². The first-order valence-electron chi connectivity index (χ1n) is 13.4. The fourth-order valence-corrected chi connectivity index (χ4v) is 6.24. The van der Waals surface area contributed by atoms with Crippen LogP contribution in [-0.4, -0.2) is 72.8 Å². The van der Waals surface area contributed by atoms with Crippen LogP contribution < -0.4 is 0 Å². The summed E-state index contributed by atoms with van der Waals surface area (Å²) >= 11 is 1.44. The van der Waals surface area contributed by atoms with Crippen molar-refractivity contribution in [1.29, 1.82) is 0 Å². The maximum absolute atomic E-state index is 13.5. The number of amidine groups is 1. The Morgan fingerprint density at radius 2 is 1.92 bits per heavy atom. The van der Waals surface area contributed by atoms with Gasteiger partial charge in [-0.15, -0.1) is 0 Å². The number of hydrogen-bond donors (Lipinski definition) is 0. The standard InChI is InChI=1S/C29H37N3O6S/c1-6-37-27(34)21-8-7-11-31(16-21)24(33)15-22-17-39-29-30-20(4)25(28(35)38-13-12-36-5)26(32(22)29)23-10-9-18(2)14-19(23)3/h9-10,14,17,21,26H,6-8,11-13,15-16H2,1-5H3/t21-,26+/m0/s1. The first-order valence-corrected chi connectivity index (χ1v) is 14.2. The topological polar surface area (TPSA) is 97.7 Å². The molecule has 3 aliphatic rings. The molecule has 0 bridgehead atoms. The Kier molecular flexibility index (Phi) is 9.50. The highest BCUT2D eigenvalue weighted by atomic mass is 32.2. The third-order valence-corrected chi connectivity index (χ3v) is 8.08. The summed E-state index contributed by atoms with van der Waals surface area (Å²) in [5.41, 5.74) is 4.91. The maximum Gasteiger partial charge on any atom is 0.338 e. The molecule has 0 unspecified atom stereocenters. The third kappa shape index (κ3) is 6.38. The number of methoxy groups -OCH3 is 1. The highest BCUT2D eigenvalue weighted by Gasteiger charge is 2.42. The van der Waals surface area contributed by atoms with E-state index in [9.17, 15) is 14.4 Å². The average molecular weight is 556 g/mol. The van der Waals surface area contributed by atoms with Crippen LogP contribution in [0.3, 0.4) is 0 Å². The molecule has 0 N–H and O–H groups in total. The highest BCUT2D eigenvalue weighted by molar-refractivity contribution is 8.16. The summed E-state index contributed by atoms with van der Waals surface area (Å²) in [5, 5.41) is 2.66. The molecule has 4 rings (SSSR count). The molecule has 210 valence electrons. The minimum Gasteiger partial charge on any atom is -0.466 e. The Morgan fingerprint density at radius 3 is 2.64 bits per heavy atom. The number of allylic oxidation sites excluding steroid dienone is 1. The number of rotatable bonds is 9. The molecule has 39 heavy (non-hydrogen) atoms. The van der Waals surface area contributed by atoms with Crippen LogP contribution in [0.15, 0.2) is 45.6 Å².